The van der Waals surface area contributed by atoms with Crippen LogP contribution in [0.4, 0.5) is 0 Å². The molecule has 0 radical (unpaired) electrons. The summed E-state index contributed by atoms with van der Waals surface area (Å²) in [6.45, 7) is 13.1. The summed E-state index contributed by atoms with van der Waals surface area (Å²) < 4.78 is 17.7. The van der Waals surface area contributed by atoms with Crippen molar-refractivity contribution >= 4 is 8.38 Å². The van der Waals surface area contributed by atoms with Gasteiger partial charge in [0.05, 0.1) is 25.2 Å². The van der Waals surface area contributed by atoms with E-state index in [0.29, 0.717) is 17.7 Å². The molecule has 0 spiro atoms. The molecule has 6 rings (SSSR count). The van der Waals surface area contributed by atoms with E-state index in [-0.39, 0.29) is 11.5 Å². The first-order valence-corrected chi connectivity index (χ1v) is 18.6. The Balaban J connectivity index is 1.10. The molecule has 4 aliphatic carbocycles. The molecule has 2 aromatic heterocycles. The third-order valence-electron chi connectivity index (χ3n) is 12.6. The van der Waals surface area contributed by atoms with Crippen LogP contribution < -0.4 is 5.32 Å². The van der Waals surface area contributed by atoms with Crippen LogP contribution in [-0.4, -0.2) is 11.0 Å². The van der Waals surface area contributed by atoms with Crippen molar-refractivity contribution in [2.24, 2.45) is 46.3 Å². The second-order valence-electron chi connectivity index (χ2n) is 15.4. The zero-order chi connectivity index (χ0) is 30.2. The van der Waals surface area contributed by atoms with Crippen molar-refractivity contribution in [3.8, 4) is 0 Å². The van der Waals surface area contributed by atoms with Gasteiger partial charge in [-0.15, -0.1) is 0 Å². The van der Waals surface area contributed by atoms with Crippen LogP contribution in [0.3, 0.4) is 0 Å². The summed E-state index contributed by atoms with van der Waals surface area (Å²) >= 11 is 0. The topological polar surface area (TPSA) is 67.8 Å². The number of furan rings is 2. The number of allylic oxidation sites excluding steroid dienone is 1. The Labute approximate surface area is 261 Å². The van der Waals surface area contributed by atoms with Gasteiger partial charge < -0.3 is 18.3 Å². The molecule has 0 aliphatic heterocycles. The minimum Gasteiger partial charge on any atom is -0.468 e. The van der Waals surface area contributed by atoms with E-state index in [1.807, 2.05) is 24.3 Å². The minimum atomic E-state index is -1.76. The largest absolute Gasteiger partial charge is 0.468 e. The molecule has 0 amide bonds. The van der Waals surface area contributed by atoms with Gasteiger partial charge in [-0.05, 0) is 122 Å². The molecule has 0 saturated heterocycles. The summed E-state index contributed by atoms with van der Waals surface area (Å²) in [5.74, 6) is 6.23. The van der Waals surface area contributed by atoms with Crippen molar-refractivity contribution in [1.82, 2.24) is 5.32 Å². The van der Waals surface area contributed by atoms with Crippen molar-refractivity contribution in [2.45, 2.75) is 124 Å². The van der Waals surface area contributed by atoms with E-state index >= 15 is 0 Å². The average molecular weight is 610 g/mol. The Kier molecular flexibility index (Phi) is 9.66. The smallest absolute Gasteiger partial charge is 0.194 e. The van der Waals surface area contributed by atoms with Gasteiger partial charge in [0, 0.05) is 0 Å². The van der Waals surface area contributed by atoms with Gasteiger partial charge in [0.15, 0.2) is 8.38 Å². The normalized spacial score (nSPS) is 36.0. The lowest BCUT2D eigenvalue weighted by Crippen LogP contribution is -2.51. The number of hydrogen-bond acceptors (Lipinski definition) is 5. The fourth-order valence-corrected chi connectivity index (χ4v) is 11.5. The van der Waals surface area contributed by atoms with Crippen LogP contribution in [-0.2, 0) is 11.1 Å². The molecule has 2 heterocycles. The van der Waals surface area contributed by atoms with Crippen LogP contribution in [0.1, 0.15) is 123 Å². The van der Waals surface area contributed by atoms with Crippen LogP contribution >= 0.6 is 8.38 Å². The molecule has 4 aliphatic rings. The molecule has 43 heavy (non-hydrogen) atoms. The Hall–Kier alpha value is -1.39. The zero-order valence-corrected chi connectivity index (χ0v) is 28.2. The van der Waals surface area contributed by atoms with Gasteiger partial charge in [-0.25, -0.2) is 0 Å². The van der Waals surface area contributed by atoms with E-state index in [1.165, 1.54) is 51.4 Å². The molecule has 0 aromatic carbocycles. The fourth-order valence-electron chi connectivity index (χ4n) is 10.3. The summed E-state index contributed by atoms with van der Waals surface area (Å²) in [6.07, 6.45) is 20.2. The maximum absolute atomic E-state index is 11.4. The van der Waals surface area contributed by atoms with Crippen LogP contribution in [0.2, 0.25) is 0 Å². The maximum atomic E-state index is 11.4. The fraction of sp³-hybridized carbons (Fsp3) is 0.730. The summed E-state index contributed by atoms with van der Waals surface area (Å²) in [4.78, 5) is 11.4. The summed E-state index contributed by atoms with van der Waals surface area (Å²) in [6, 6.07) is 7.59. The van der Waals surface area contributed by atoms with E-state index in [4.69, 9.17) is 13.4 Å². The zero-order valence-electron chi connectivity index (χ0n) is 27.3. The Morgan fingerprint density at radius 3 is 2.56 bits per heavy atom. The standard InChI is InChI=1S/C37H56NO4P/c1-25(2)9-6-10-26(3)31-15-16-32-30-14-13-27-23-28(17-19-36(27,4)33(30)18-20-37(31,32)5)42-43(39)35(34-12-8-22-41-34)38-24-29-11-7-21-40-29/h7-8,11-13,21-22,25-26,28,30-33,35,38-39H,6,9-10,14-20,23-24H2,1-5H3/t26-,28+,30+,31-,32+,33+,35?,36+,37-,43?/m1/s1. The van der Waals surface area contributed by atoms with E-state index in [2.05, 4.69) is 46.0 Å². The van der Waals surface area contributed by atoms with E-state index in [1.54, 1.807) is 18.1 Å². The van der Waals surface area contributed by atoms with Gasteiger partial charge in [-0.3, -0.25) is 5.32 Å². The molecular weight excluding hydrogens is 553 g/mol. The first-order valence-electron chi connectivity index (χ1n) is 17.3. The lowest BCUT2D eigenvalue weighted by molar-refractivity contribution is -0.0559. The highest BCUT2D eigenvalue weighted by Gasteiger charge is 2.59. The van der Waals surface area contributed by atoms with Gasteiger partial charge in [0.1, 0.15) is 17.3 Å². The average Bonchev–Trinajstić information content (AvgIpc) is 3.75. The van der Waals surface area contributed by atoms with Gasteiger partial charge in [0.25, 0.3) is 0 Å². The van der Waals surface area contributed by atoms with Crippen molar-refractivity contribution in [3.05, 3.63) is 60.0 Å². The van der Waals surface area contributed by atoms with E-state index in [9.17, 15) is 4.89 Å². The van der Waals surface area contributed by atoms with Crippen LogP contribution in [0.25, 0.3) is 0 Å². The second-order valence-corrected chi connectivity index (χ2v) is 16.8. The SMILES string of the molecule is CC(C)CCC[C@@H](C)[C@H]1CC[C@H]2[C@@H]3CC=C4C[C@@H](OP(O)C(NCc5ccco5)c5ccco5)CC[C@]4(C)[C@H]3CC[C@]12C. The lowest BCUT2D eigenvalue weighted by atomic mass is 9.47. The first kappa shape index (κ1) is 31.6. The highest BCUT2D eigenvalue weighted by Crippen LogP contribution is 2.67. The Bertz CT molecular complexity index is 1190. The van der Waals surface area contributed by atoms with Crippen molar-refractivity contribution < 1.29 is 18.3 Å². The van der Waals surface area contributed by atoms with E-state index < -0.39 is 14.2 Å². The number of hydrogen-bond donors (Lipinski definition) is 2. The molecule has 2 unspecified atom stereocenters. The molecule has 2 aromatic rings. The number of nitrogens with one attached hydrogen (secondary N) is 1. The molecule has 0 bridgehead atoms. The maximum Gasteiger partial charge on any atom is 0.194 e. The number of rotatable bonds is 12. The Morgan fingerprint density at radius 1 is 1.00 bits per heavy atom. The predicted octanol–water partition coefficient (Wildman–Crippen LogP) is 10.4. The van der Waals surface area contributed by atoms with Crippen LogP contribution in [0.15, 0.2) is 57.3 Å². The van der Waals surface area contributed by atoms with Crippen LogP contribution in [0.5, 0.6) is 0 Å². The minimum absolute atomic E-state index is 0.0475. The highest BCUT2D eigenvalue weighted by atomic mass is 31.2. The second kappa shape index (κ2) is 13.1. The van der Waals surface area contributed by atoms with Crippen LogP contribution in [0, 0.1) is 46.3 Å². The highest BCUT2D eigenvalue weighted by molar-refractivity contribution is 7.46. The molecule has 238 valence electrons. The van der Waals surface area contributed by atoms with Crippen molar-refractivity contribution in [2.75, 3.05) is 0 Å². The molecule has 3 saturated carbocycles. The summed E-state index contributed by atoms with van der Waals surface area (Å²) in [5.41, 5.74) is 2.41. The predicted molar refractivity (Wildman–Crippen MR) is 174 cm³/mol. The molecule has 3 fully saturated rings. The van der Waals surface area contributed by atoms with Crippen molar-refractivity contribution in [3.63, 3.8) is 0 Å². The van der Waals surface area contributed by atoms with Gasteiger partial charge in [-0.1, -0.05) is 65.5 Å². The van der Waals surface area contributed by atoms with Gasteiger partial charge >= 0.3 is 0 Å². The van der Waals surface area contributed by atoms with Crippen molar-refractivity contribution in [1.29, 1.82) is 0 Å². The first-order chi connectivity index (χ1) is 20.7. The summed E-state index contributed by atoms with van der Waals surface area (Å²) in [7, 11) is -1.76. The Morgan fingerprint density at radius 2 is 1.81 bits per heavy atom. The van der Waals surface area contributed by atoms with Gasteiger partial charge in [0.2, 0.25) is 0 Å². The number of fused-ring (bicyclic) bond motifs is 5. The van der Waals surface area contributed by atoms with E-state index in [0.717, 1.165) is 60.5 Å². The molecular formula is C37H56NO4P. The monoisotopic (exact) mass is 609 g/mol. The summed E-state index contributed by atoms with van der Waals surface area (Å²) in [5, 5.41) is 3.42. The third-order valence-corrected chi connectivity index (χ3v) is 14.0. The molecule has 5 nitrogen and oxygen atoms in total. The molecule has 2 N–H and O–H groups in total. The third kappa shape index (κ3) is 6.35. The molecule has 10 atom stereocenters. The van der Waals surface area contributed by atoms with Gasteiger partial charge in [-0.2, -0.15) is 0 Å². The quantitative estimate of drug-likeness (QED) is 0.185. The lowest BCUT2D eigenvalue weighted by Gasteiger charge is -2.58. The molecule has 6 heteroatoms.